The first kappa shape index (κ1) is 18.8. The first-order chi connectivity index (χ1) is 12.4. The lowest BCUT2D eigenvalue weighted by atomic mass is 9.75. The van der Waals surface area contributed by atoms with Crippen molar-refractivity contribution in [1.29, 1.82) is 5.26 Å². The molecular formula is C18H28N6O2. The third-order valence-corrected chi connectivity index (χ3v) is 6.36. The lowest BCUT2D eigenvalue weighted by Crippen LogP contribution is -2.56. The number of nitriles is 1. The number of nitrogens with zero attached hydrogens (tertiary/aromatic N) is 5. The number of rotatable bonds is 6. The highest BCUT2D eigenvalue weighted by molar-refractivity contribution is 5.79. The van der Waals surface area contributed by atoms with E-state index in [1.165, 1.54) is 6.33 Å². The van der Waals surface area contributed by atoms with Gasteiger partial charge in [-0.25, -0.2) is 9.67 Å². The lowest BCUT2D eigenvalue weighted by molar-refractivity contribution is -0.131. The van der Waals surface area contributed by atoms with Crippen LogP contribution >= 0.6 is 0 Å². The lowest BCUT2D eigenvalue weighted by Gasteiger charge is -2.42. The highest BCUT2D eigenvalue weighted by atomic mass is 16.5. The second-order valence-electron chi connectivity index (χ2n) is 8.04. The third kappa shape index (κ3) is 3.46. The van der Waals surface area contributed by atoms with Gasteiger partial charge in [-0.1, -0.05) is 13.8 Å². The fourth-order valence-electron chi connectivity index (χ4n) is 4.10. The van der Waals surface area contributed by atoms with E-state index in [0.29, 0.717) is 13.3 Å². The molecule has 2 aliphatic rings. The van der Waals surface area contributed by atoms with Crippen LogP contribution in [0.1, 0.15) is 46.5 Å². The van der Waals surface area contributed by atoms with Crippen molar-refractivity contribution in [1.82, 2.24) is 25.0 Å². The SMILES string of the molecule is CC1(C)[C@H](OCn2cncn2)CC[C@]1(C)NCC(=O)N1CCC[C@H]1C#N. The largest absolute Gasteiger partial charge is 0.355 e. The summed E-state index contributed by atoms with van der Waals surface area (Å²) in [6.07, 6.45) is 6.74. The molecule has 1 aromatic heterocycles. The minimum Gasteiger partial charge on any atom is -0.355 e. The predicted octanol–water partition coefficient (Wildman–Crippen LogP) is 1.30. The number of likely N-dealkylation sites (tertiary alicyclic amines) is 1. The Bertz CT molecular complexity index is 668. The molecule has 0 spiro atoms. The van der Waals surface area contributed by atoms with E-state index in [9.17, 15) is 10.1 Å². The fraction of sp³-hybridized carbons (Fsp3) is 0.778. The molecule has 0 aromatic carbocycles. The highest BCUT2D eigenvalue weighted by Crippen LogP contribution is 2.47. The number of hydrogen-bond acceptors (Lipinski definition) is 6. The molecule has 2 heterocycles. The van der Waals surface area contributed by atoms with Gasteiger partial charge in [0.15, 0.2) is 0 Å². The zero-order chi connectivity index (χ0) is 18.8. The molecule has 0 bridgehead atoms. The number of ether oxygens (including phenoxy) is 1. The van der Waals surface area contributed by atoms with Gasteiger partial charge in [-0.15, -0.1) is 0 Å². The van der Waals surface area contributed by atoms with Crippen LogP contribution < -0.4 is 5.32 Å². The minimum atomic E-state index is -0.271. The summed E-state index contributed by atoms with van der Waals surface area (Å²) in [6.45, 7) is 7.83. The van der Waals surface area contributed by atoms with E-state index >= 15 is 0 Å². The first-order valence-corrected chi connectivity index (χ1v) is 9.25. The molecule has 8 heteroatoms. The molecule has 0 unspecified atom stereocenters. The average Bonchev–Trinajstić information content (AvgIpc) is 3.33. The zero-order valence-corrected chi connectivity index (χ0v) is 15.8. The van der Waals surface area contributed by atoms with Crippen LogP contribution in [-0.4, -0.2) is 56.3 Å². The van der Waals surface area contributed by atoms with E-state index in [0.717, 1.165) is 25.7 Å². The van der Waals surface area contributed by atoms with Crippen molar-refractivity contribution in [3.63, 3.8) is 0 Å². The Hall–Kier alpha value is -1.98. The molecule has 3 atom stereocenters. The Kier molecular flexibility index (Phi) is 5.30. The van der Waals surface area contributed by atoms with Crippen molar-refractivity contribution < 1.29 is 9.53 Å². The molecule has 0 radical (unpaired) electrons. The van der Waals surface area contributed by atoms with E-state index in [-0.39, 0.29) is 35.6 Å². The van der Waals surface area contributed by atoms with Crippen molar-refractivity contribution in [3.8, 4) is 6.07 Å². The Morgan fingerprint density at radius 1 is 1.42 bits per heavy atom. The summed E-state index contributed by atoms with van der Waals surface area (Å²) in [4.78, 5) is 18.2. The molecule has 1 saturated heterocycles. The fourth-order valence-corrected chi connectivity index (χ4v) is 4.10. The second-order valence-corrected chi connectivity index (χ2v) is 8.04. The molecule has 8 nitrogen and oxygen atoms in total. The Balaban J connectivity index is 1.57. The maximum atomic E-state index is 12.5. The molecule has 1 saturated carbocycles. The molecule has 3 rings (SSSR count). The van der Waals surface area contributed by atoms with Crippen LogP contribution in [0.5, 0.6) is 0 Å². The van der Waals surface area contributed by atoms with Crippen LogP contribution in [0.25, 0.3) is 0 Å². The number of nitrogens with one attached hydrogen (secondary N) is 1. The molecule has 142 valence electrons. The van der Waals surface area contributed by atoms with Gasteiger partial charge in [0.05, 0.1) is 18.7 Å². The van der Waals surface area contributed by atoms with Crippen LogP contribution in [0.2, 0.25) is 0 Å². The van der Waals surface area contributed by atoms with Crippen molar-refractivity contribution in [2.75, 3.05) is 13.1 Å². The Morgan fingerprint density at radius 2 is 2.23 bits per heavy atom. The first-order valence-electron chi connectivity index (χ1n) is 9.25. The minimum absolute atomic E-state index is 0.0121. The Morgan fingerprint density at radius 3 is 2.92 bits per heavy atom. The monoisotopic (exact) mass is 360 g/mol. The van der Waals surface area contributed by atoms with Gasteiger partial charge in [0.25, 0.3) is 0 Å². The van der Waals surface area contributed by atoms with Crippen LogP contribution in [0, 0.1) is 16.7 Å². The van der Waals surface area contributed by atoms with Crippen molar-refractivity contribution in [2.24, 2.45) is 5.41 Å². The number of carbonyl (C=O) groups excluding carboxylic acids is 1. The molecule has 1 aliphatic heterocycles. The maximum Gasteiger partial charge on any atom is 0.237 e. The number of hydrogen-bond donors (Lipinski definition) is 1. The summed E-state index contributed by atoms with van der Waals surface area (Å²) < 4.78 is 7.75. The number of aromatic nitrogens is 3. The summed E-state index contributed by atoms with van der Waals surface area (Å²) in [6, 6.07) is 1.96. The zero-order valence-electron chi connectivity index (χ0n) is 15.8. The summed E-state index contributed by atoms with van der Waals surface area (Å²) in [5, 5.41) is 16.7. The van der Waals surface area contributed by atoms with Gasteiger partial charge in [-0.05, 0) is 32.6 Å². The Labute approximate surface area is 154 Å². The van der Waals surface area contributed by atoms with Gasteiger partial charge >= 0.3 is 0 Å². The van der Waals surface area contributed by atoms with E-state index in [1.807, 2.05) is 0 Å². The predicted molar refractivity (Wildman–Crippen MR) is 94.7 cm³/mol. The van der Waals surface area contributed by atoms with E-state index in [1.54, 1.807) is 15.9 Å². The maximum absolute atomic E-state index is 12.5. The third-order valence-electron chi connectivity index (χ3n) is 6.36. The standard InChI is InChI=1S/C18H28N6O2/c1-17(2)15(26-13-23-12-20-11-22-23)6-7-18(17,3)21-10-16(25)24-8-4-5-14(24)9-19/h11-12,14-15,21H,4-8,10,13H2,1-3H3/t14-,15+,18-/m0/s1. The van der Waals surface area contributed by atoms with E-state index in [2.05, 4.69) is 42.2 Å². The summed E-state index contributed by atoms with van der Waals surface area (Å²) in [5.74, 6) is 0.0121. The molecular weight excluding hydrogens is 332 g/mol. The van der Waals surface area contributed by atoms with Crippen LogP contribution in [0.4, 0.5) is 0 Å². The van der Waals surface area contributed by atoms with Crippen LogP contribution in [0.15, 0.2) is 12.7 Å². The van der Waals surface area contributed by atoms with Gasteiger partial charge in [0, 0.05) is 17.5 Å². The summed E-state index contributed by atoms with van der Waals surface area (Å²) in [7, 11) is 0. The van der Waals surface area contributed by atoms with Gasteiger partial charge in [0.1, 0.15) is 25.4 Å². The number of carbonyl (C=O) groups is 1. The van der Waals surface area contributed by atoms with Crippen LogP contribution in [-0.2, 0) is 16.3 Å². The van der Waals surface area contributed by atoms with Gasteiger partial charge < -0.3 is 15.0 Å². The van der Waals surface area contributed by atoms with Gasteiger partial charge in [-0.3, -0.25) is 4.79 Å². The van der Waals surface area contributed by atoms with E-state index < -0.39 is 0 Å². The molecule has 2 fully saturated rings. The van der Waals surface area contributed by atoms with E-state index in [4.69, 9.17) is 4.74 Å². The van der Waals surface area contributed by atoms with Crippen molar-refractivity contribution >= 4 is 5.91 Å². The quantitative estimate of drug-likeness (QED) is 0.821. The molecule has 26 heavy (non-hydrogen) atoms. The average molecular weight is 360 g/mol. The summed E-state index contributed by atoms with van der Waals surface area (Å²) >= 11 is 0. The van der Waals surface area contributed by atoms with Gasteiger partial charge in [-0.2, -0.15) is 10.4 Å². The highest BCUT2D eigenvalue weighted by Gasteiger charge is 2.52. The van der Waals surface area contributed by atoms with Crippen molar-refractivity contribution in [2.45, 2.75) is 70.9 Å². The molecule has 1 N–H and O–H groups in total. The molecule has 1 aliphatic carbocycles. The molecule has 1 amide bonds. The van der Waals surface area contributed by atoms with Crippen molar-refractivity contribution in [3.05, 3.63) is 12.7 Å². The summed E-state index contributed by atoms with van der Waals surface area (Å²) in [5.41, 5.74) is -0.356. The number of amides is 1. The van der Waals surface area contributed by atoms with Gasteiger partial charge in [0.2, 0.25) is 5.91 Å². The normalized spacial score (nSPS) is 30.5. The van der Waals surface area contributed by atoms with Crippen LogP contribution in [0.3, 0.4) is 0 Å². The topological polar surface area (TPSA) is 96.1 Å². The molecule has 1 aromatic rings. The smallest absolute Gasteiger partial charge is 0.237 e. The second kappa shape index (κ2) is 7.33.